The predicted molar refractivity (Wildman–Crippen MR) is 129 cm³/mol. The second-order valence-corrected chi connectivity index (χ2v) is 9.47. The monoisotopic (exact) mass is 437 g/mol. The van der Waals surface area contributed by atoms with Gasteiger partial charge in [0, 0.05) is 29.1 Å². The van der Waals surface area contributed by atoms with Crippen LogP contribution in [0.1, 0.15) is 57.2 Å². The van der Waals surface area contributed by atoms with Crippen molar-refractivity contribution in [2.24, 2.45) is 10.9 Å². The largest absolute Gasteiger partial charge is 0.314 e. The van der Waals surface area contributed by atoms with Gasteiger partial charge in [-0.1, -0.05) is 44.9 Å². The first kappa shape index (κ1) is 22.9. The number of hydrogen-bond donors (Lipinski definition) is 0. The van der Waals surface area contributed by atoms with E-state index in [1.165, 1.54) is 23.6 Å². The quantitative estimate of drug-likeness (QED) is 0.273. The number of thiazole rings is 1. The Labute approximate surface area is 188 Å². The van der Waals surface area contributed by atoms with Gasteiger partial charge in [-0.15, -0.1) is 11.3 Å². The maximum absolute atomic E-state index is 11.3. The van der Waals surface area contributed by atoms with E-state index in [9.17, 15) is 10.1 Å². The smallest absolute Gasteiger partial charge is 0.270 e. The fraction of sp³-hybridized carbons (Fsp3) is 0.400. The molecule has 0 spiro atoms. The number of nitro groups is 1. The van der Waals surface area contributed by atoms with Crippen LogP contribution < -0.4 is 4.80 Å². The number of hydrogen-bond acceptors (Lipinski definition) is 4. The summed E-state index contributed by atoms with van der Waals surface area (Å²) >= 11 is 1.58. The summed E-state index contributed by atoms with van der Waals surface area (Å²) in [6.45, 7) is 10.9. The Morgan fingerprint density at radius 3 is 2.52 bits per heavy atom. The van der Waals surface area contributed by atoms with Crippen LogP contribution in [0.2, 0.25) is 0 Å². The molecule has 0 saturated heterocycles. The molecule has 2 aromatic carbocycles. The third kappa shape index (κ3) is 5.70. The van der Waals surface area contributed by atoms with Crippen LogP contribution >= 0.6 is 11.3 Å². The molecule has 0 bridgehead atoms. The number of rotatable bonds is 8. The number of non-ortho nitro benzene ring substituents is 1. The van der Waals surface area contributed by atoms with Crippen molar-refractivity contribution in [3.05, 3.63) is 73.9 Å². The molecule has 1 atom stereocenters. The van der Waals surface area contributed by atoms with Crippen molar-refractivity contribution < 1.29 is 4.92 Å². The Kier molecular flexibility index (Phi) is 7.44. The Morgan fingerprint density at radius 1 is 1.06 bits per heavy atom. The van der Waals surface area contributed by atoms with Gasteiger partial charge in [-0.25, -0.2) is 4.99 Å². The highest BCUT2D eigenvalue weighted by molar-refractivity contribution is 7.07. The molecule has 0 aliphatic carbocycles. The fourth-order valence-corrected chi connectivity index (χ4v) is 4.69. The van der Waals surface area contributed by atoms with Crippen molar-refractivity contribution in [2.75, 3.05) is 0 Å². The molecule has 0 aliphatic rings. The van der Waals surface area contributed by atoms with Crippen LogP contribution in [0.5, 0.6) is 0 Å². The highest BCUT2D eigenvalue weighted by atomic mass is 32.1. The van der Waals surface area contributed by atoms with Crippen molar-refractivity contribution in [3.8, 4) is 11.3 Å². The molecule has 31 heavy (non-hydrogen) atoms. The van der Waals surface area contributed by atoms with Crippen molar-refractivity contribution in [1.29, 1.82) is 0 Å². The molecule has 0 fully saturated rings. The lowest BCUT2D eigenvalue weighted by atomic mass is 10.0. The lowest BCUT2D eigenvalue weighted by Crippen LogP contribution is -2.20. The lowest BCUT2D eigenvalue weighted by molar-refractivity contribution is -0.384. The van der Waals surface area contributed by atoms with Crippen LogP contribution in [0.3, 0.4) is 0 Å². The second-order valence-electron chi connectivity index (χ2n) is 8.64. The first-order valence-corrected chi connectivity index (χ1v) is 11.7. The van der Waals surface area contributed by atoms with Crippen molar-refractivity contribution in [1.82, 2.24) is 4.57 Å². The van der Waals surface area contributed by atoms with Crippen LogP contribution in [0, 0.1) is 29.9 Å². The zero-order valence-electron chi connectivity index (χ0n) is 19.0. The van der Waals surface area contributed by atoms with E-state index in [4.69, 9.17) is 4.99 Å². The molecule has 0 radical (unpaired) electrons. The topological polar surface area (TPSA) is 60.4 Å². The molecule has 1 aromatic heterocycles. The van der Waals surface area contributed by atoms with Crippen LogP contribution in [-0.4, -0.2) is 9.49 Å². The van der Waals surface area contributed by atoms with E-state index >= 15 is 0 Å². The molecule has 1 unspecified atom stereocenters. The number of nitro benzene ring substituents is 1. The summed E-state index contributed by atoms with van der Waals surface area (Å²) in [4.78, 5) is 16.8. The van der Waals surface area contributed by atoms with Crippen LogP contribution in [0.15, 0.2) is 52.8 Å². The van der Waals surface area contributed by atoms with Gasteiger partial charge in [0.1, 0.15) is 0 Å². The van der Waals surface area contributed by atoms with E-state index in [2.05, 4.69) is 56.7 Å². The van der Waals surface area contributed by atoms with Gasteiger partial charge in [-0.3, -0.25) is 10.1 Å². The van der Waals surface area contributed by atoms with Gasteiger partial charge in [-0.05, 0) is 56.4 Å². The van der Waals surface area contributed by atoms with Gasteiger partial charge in [-0.2, -0.15) is 0 Å². The third-order valence-corrected chi connectivity index (χ3v) is 6.49. The maximum Gasteiger partial charge on any atom is 0.270 e. The molecule has 0 saturated carbocycles. The van der Waals surface area contributed by atoms with Gasteiger partial charge in [0.25, 0.3) is 5.69 Å². The summed E-state index contributed by atoms with van der Waals surface area (Å²) in [6.07, 6.45) is 3.36. The average Bonchev–Trinajstić information content (AvgIpc) is 3.14. The minimum absolute atomic E-state index is 0.107. The normalized spacial score (nSPS) is 13.0. The highest BCUT2D eigenvalue weighted by Crippen LogP contribution is 2.29. The summed E-state index contributed by atoms with van der Waals surface area (Å²) in [6, 6.07) is 13.4. The Bertz CT molecular complexity index is 1130. The predicted octanol–water partition coefficient (Wildman–Crippen LogP) is 7.36. The molecule has 1 heterocycles. The Morgan fingerprint density at radius 2 is 1.84 bits per heavy atom. The number of aryl methyl sites for hydroxylation is 2. The maximum atomic E-state index is 11.3. The standard InChI is InChI=1S/C25H31N3O2S/c1-17(2)8-6-9-20(5)27-24(21-10-7-11-23(15-21)28(29)30)16-31-25(27)26-22-13-12-18(3)19(4)14-22/h7,10-17,20H,6,8-9H2,1-5H3. The summed E-state index contributed by atoms with van der Waals surface area (Å²) < 4.78 is 2.25. The number of aromatic nitrogens is 1. The minimum Gasteiger partial charge on any atom is -0.314 e. The molecular formula is C25H31N3O2S. The minimum atomic E-state index is -0.341. The van der Waals surface area contributed by atoms with E-state index < -0.39 is 0 Å². The van der Waals surface area contributed by atoms with Gasteiger partial charge in [0.05, 0.1) is 16.3 Å². The summed E-state index contributed by atoms with van der Waals surface area (Å²) in [5.74, 6) is 0.676. The van der Waals surface area contributed by atoms with E-state index in [1.807, 2.05) is 12.1 Å². The summed E-state index contributed by atoms with van der Waals surface area (Å²) in [7, 11) is 0. The Hall–Kier alpha value is -2.73. The van der Waals surface area contributed by atoms with Gasteiger partial charge >= 0.3 is 0 Å². The van der Waals surface area contributed by atoms with Crippen molar-refractivity contribution in [2.45, 2.75) is 59.9 Å². The summed E-state index contributed by atoms with van der Waals surface area (Å²) in [5.41, 5.74) is 5.33. The van der Waals surface area contributed by atoms with Crippen LogP contribution in [-0.2, 0) is 0 Å². The van der Waals surface area contributed by atoms with E-state index in [1.54, 1.807) is 23.5 Å². The zero-order chi connectivity index (χ0) is 22.5. The second kappa shape index (κ2) is 10.1. The summed E-state index contributed by atoms with van der Waals surface area (Å²) in [5, 5.41) is 13.4. The van der Waals surface area contributed by atoms with Gasteiger partial charge < -0.3 is 4.57 Å². The number of nitrogens with zero attached hydrogens (tertiary/aromatic N) is 3. The molecule has 3 aromatic rings. The number of benzene rings is 2. The average molecular weight is 438 g/mol. The lowest BCUT2D eigenvalue weighted by Gasteiger charge is -2.18. The van der Waals surface area contributed by atoms with E-state index in [0.717, 1.165) is 34.6 Å². The first-order chi connectivity index (χ1) is 14.8. The molecule has 0 aliphatic heterocycles. The third-order valence-electron chi connectivity index (χ3n) is 5.65. The first-order valence-electron chi connectivity index (χ1n) is 10.8. The van der Waals surface area contributed by atoms with Crippen LogP contribution in [0.25, 0.3) is 11.3 Å². The zero-order valence-corrected chi connectivity index (χ0v) is 19.8. The van der Waals surface area contributed by atoms with E-state index in [0.29, 0.717) is 5.92 Å². The van der Waals surface area contributed by atoms with Crippen LogP contribution in [0.4, 0.5) is 11.4 Å². The molecule has 0 amide bonds. The van der Waals surface area contributed by atoms with Crippen molar-refractivity contribution >= 4 is 22.7 Å². The van der Waals surface area contributed by atoms with Gasteiger partial charge in [0.15, 0.2) is 4.80 Å². The molecule has 164 valence electrons. The molecule has 3 rings (SSSR count). The SMILES string of the molecule is Cc1ccc(N=c2scc(-c3cccc([N+](=O)[O-])c3)n2C(C)CCCC(C)C)cc1C. The molecule has 0 N–H and O–H groups in total. The fourth-order valence-electron chi connectivity index (χ4n) is 3.67. The molecular weight excluding hydrogens is 406 g/mol. The van der Waals surface area contributed by atoms with E-state index in [-0.39, 0.29) is 16.7 Å². The molecule has 5 nitrogen and oxygen atoms in total. The molecule has 6 heteroatoms. The Balaban J connectivity index is 2.09. The van der Waals surface area contributed by atoms with Crippen molar-refractivity contribution in [3.63, 3.8) is 0 Å². The van der Waals surface area contributed by atoms with Gasteiger partial charge in [0.2, 0.25) is 0 Å². The highest BCUT2D eigenvalue weighted by Gasteiger charge is 2.16.